The number of nitrogens with one attached hydrogen (secondary N) is 1. The molecule has 0 radical (unpaired) electrons. The molecule has 1 amide bonds. The fourth-order valence-electron chi connectivity index (χ4n) is 2.16. The van der Waals surface area contributed by atoms with E-state index in [-0.39, 0.29) is 18.1 Å². The first-order valence-corrected chi connectivity index (χ1v) is 5.76. The van der Waals surface area contributed by atoms with Crippen molar-refractivity contribution >= 4 is 11.6 Å². The van der Waals surface area contributed by atoms with Gasteiger partial charge in [-0.15, -0.1) is 0 Å². The van der Waals surface area contributed by atoms with E-state index in [0.717, 1.165) is 19.3 Å². The number of hydrogen-bond donors (Lipinski definition) is 2. The molecular formula is C12H17N3O2. The number of amides is 1. The van der Waals surface area contributed by atoms with Crippen LogP contribution in [0, 0.1) is 0 Å². The predicted octanol–water partition coefficient (Wildman–Crippen LogP) is 0.961. The van der Waals surface area contributed by atoms with Crippen LogP contribution in [0.1, 0.15) is 29.8 Å². The first-order chi connectivity index (χ1) is 8.20. The number of nitrogens with zero attached hydrogens (tertiary/aromatic N) is 1. The van der Waals surface area contributed by atoms with E-state index in [1.54, 1.807) is 19.2 Å². The summed E-state index contributed by atoms with van der Waals surface area (Å²) < 4.78 is 5.32. The Morgan fingerprint density at radius 1 is 1.53 bits per heavy atom. The van der Waals surface area contributed by atoms with Crippen LogP contribution in [0.25, 0.3) is 0 Å². The number of carbonyl (C=O) groups excluding carboxylic acids is 1. The molecule has 1 aromatic heterocycles. The van der Waals surface area contributed by atoms with Crippen molar-refractivity contribution in [2.75, 3.05) is 12.8 Å². The molecular weight excluding hydrogens is 218 g/mol. The Hall–Kier alpha value is -1.62. The standard InChI is InChI=1S/C12H17N3O2/c1-17-11-4-2-3-9(11)15-12(16)10-6-5-8(13)7-14-10/h5-7,9,11H,2-4,13H2,1H3,(H,15,16). The molecule has 1 aromatic rings. The van der Waals surface area contributed by atoms with Gasteiger partial charge in [0.05, 0.1) is 24.0 Å². The number of methoxy groups -OCH3 is 1. The number of aromatic nitrogens is 1. The van der Waals surface area contributed by atoms with Crippen LogP contribution in [0.2, 0.25) is 0 Å². The molecule has 0 aliphatic heterocycles. The lowest BCUT2D eigenvalue weighted by atomic mass is 10.2. The summed E-state index contributed by atoms with van der Waals surface area (Å²) in [5, 5.41) is 2.95. The third kappa shape index (κ3) is 2.74. The highest BCUT2D eigenvalue weighted by Gasteiger charge is 2.28. The number of pyridine rings is 1. The van der Waals surface area contributed by atoms with Gasteiger partial charge in [-0.3, -0.25) is 4.79 Å². The van der Waals surface area contributed by atoms with Crippen molar-refractivity contribution in [2.24, 2.45) is 0 Å². The fraction of sp³-hybridized carbons (Fsp3) is 0.500. The van der Waals surface area contributed by atoms with Crippen LogP contribution in [0.4, 0.5) is 5.69 Å². The minimum atomic E-state index is -0.168. The lowest BCUT2D eigenvalue weighted by Gasteiger charge is -2.19. The number of nitrogens with two attached hydrogens (primary N) is 1. The SMILES string of the molecule is COC1CCCC1NC(=O)c1ccc(N)cn1. The summed E-state index contributed by atoms with van der Waals surface area (Å²) in [5.74, 6) is -0.168. The summed E-state index contributed by atoms with van der Waals surface area (Å²) in [4.78, 5) is 15.9. The van der Waals surface area contributed by atoms with Crippen LogP contribution in [-0.2, 0) is 4.74 Å². The lowest BCUT2D eigenvalue weighted by Crippen LogP contribution is -2.41. The van der Waals surface area contributed by atoms with E-state index in [4.69, 9.17) is 10.5 Å². The normalized spacial score (nSPS) is 23.6. The highest BCUT2D eigenvalue weighted by Crippen LogP contribution is 2.21. The van der Waals surface area contributed by atoms with E-state index >= 15 is 0 Å². The number of carbonyl (C=O) groups is 1. The maximum atomic E-state index is 11.9. The molecule has 92 valence electrons. The number of nitrogen functional groups attached to an aromatic ring is 1. The van der Waals surface area contributed by atoms with Gasteiger partial charge >= 0.3 is 0 Å². The number of anilines is 1. The van der Waals surface area contributed by atoms with Gasteiger partial charge in [0.2, 0.25) is 0 Å². The average molecular weight is 235 g/mol. The van der Waals surface area contributed by atoms with E-state index in [9.17, 15) is 4.79 Å². The molecule has 2 unspecified atom stereocenters. The maximum absolute atomic E-state index is 11.9. The van der Waals surface area contributed by atoms with Crippen LogP contribution in [0.3, 0.4) is 0 Å². The monoisotopic (exact) mass is 235 g/mol. The quantitative estimate of drug-likeness (QED) is 0.818. The van der Waals surface area contributed by atoms with Gasteiger partial charge in [0.25, 0.3) is 5.91 Å². The summed E-state index contributed by atoms with van der Waals surface area (Å²) in [6.45, 7) is 0. The first kappa shape index (κ1) is 11.9. The Morgan fingerprint density at radius 2 is 2.35 bits per heavy atom. The largest absolute Gasteiger partial charge is 0.397 e. The van der Waals surface area contributed by atoms with E-state index in [0.29, 0.717) is 11.4 Å². The Kier molecular flexibility index (Phi) is 3.58. The topological polar surface area (TPSA) is 77.2 Å². The molecule has 1 aliphatic carbocycles. The summed E-state index contributed by atoms with van der Waals surface area (Å²) in [6.07, 6.45) is 4.64. The molecule has 17 heavy (non-hydrogen) atoms. The zero-order chi connectivity index (χ0) is 12.3. The minimum absolute atomic E-state index is 0.0897. The zero-order valence-electron chi connectivity index (χ0n) is 9.85. The Labute approximate surface area is 100 Å². The van der Waals surface area contributed by atoms with Crippen LogP contribution in [0.5, 0.6) is 0 Å². The van der Waals surface area contributed by atoms with Crippen molar-refractivity contribution in [2.45, 2.75) is 31.4 Å². The van der Waals surface area contributed by atoms with Crippen LogP contribution in [0.15, 0.2) is 18.3 Å². The molecule has 1 saturated carbocycles. The molecule has 0 saturated heterocycles. The van der Waals surface area contributed by atoms with Crippen molar-refractivity contribution in [3.8, 4) is 0 Å². The first-order valence-electron chi connectivity index (χ1n) is 5.76. The molecule has 2 atom stereocenters. The number of ether oxygens (including phenoxy) is 1. The Bertz CT molecular complexity index is 391. The van der Waals surface area contributed by atoms with Crippen LogP contribution < -0.4 is 11.1 Å². The van der Waals surface area contributed by atoms with E-state index < -0.39 is 0 Å². The number of rotatable bonds is 3. The summed E-state index contributed by atoms with van der Waals surface area (Å²) in [6, 6.07) is 3.39. The molecule has 1 fully saturated rings. The molecule has 0 bridgehead atoms. The van der Waals surface area contributed by atoms with Crippen molar-refractivity contribution in [3.63, 3.8) is 0 Å². The van der Waals surface area contributed by atoms with Crippen LogP contribution >= 0.6 is 0 Å². The Morgan fingerprint density at radius 3 is 3.00 bits per heavy atom. The highest BCUT2D eigenvalue weighted by atomic mass is 16.5. The molecule has 5 heteroatoms. The van der Waals surface area contributed by atoms with Crippen molar-refractivity contribution in [1.82, 2.24) is 10.3 Å². The third-order valence-corrected chi connectivity index (χ3v) is 3.09. The van der Waals surface area contributed by atoms with Crippen LogP contribution in [-0.4, -0.2) is 30.1 Å². The number of hydrogen-bond acceptors (Lipinski definition) is 4. The van der Waals surface area contributed by atoms with Gasteiger partial charge in [-0.05, 0) is 31.4 Å². The van der Waals surface area contributed by atoms with Crippen molar-refractivity contribution in [3.05, 3.63) is 24.0 Å². The Balaban J connectivity index is 1.99. The van der Waals surface area contributed by atoms with Crippen molar-refractivity contribution in [1.29, 1.82) is 0 Å². The zero-order valence-corrected chi connectivity index (χ0v) is 9.85. The average Bonchev–Trinajstić information content (AvgIpc) is 2.77. The van der Waals surface area contributed by atoms with Crippen molar-refractivity contribution < 1.29 is 9.53 Å². The van der Waals surface area contributed by atoms with Gasteiger partial charge in [0, 0.05) is 7.11 Å². The lowest BCUT2D eigenvalue weighted by molar-refractivity contribution is 0.0719. The molecule has 2 rings (SSSR count). The smallest absolute Gasteiger partial charge is 0.270 e. The summed E-state index contributed by atoms with van der Waals surface area (Å²) in [5.41, 5.74) is 6.46. The van der Waals surface area contributed by atoms with E-state index in [1.807, 2.05) is 0 Å². The maximum Gasteiger partial charge on any atom is 0.270 e. The second-order valence-corrected chi connectivity index (χ2v) is 4.26. The summed E-state index contributed by atoms with van der Waals surface area (Å²) >= 11 is 0. The van der Waals surface area contributed by atoms with Gasteiger partial charge < -0.3 is 15.8 Å². The van der Waals surface area contributed by atoms with Gasteiger partial charge in [-0.25, -0.2) is 4.98 Å². The van der Waals surface area contributed by atoms with Gasteiger partial charge in [0.15, 0.2) is 0 Å². The van der Waals surface area contributed by atoms with Gasteiger partial charge in [-0.1, -0.05) is 0 Å². The molecule has 0 aromatic carbocycles. The van der Waals surface area contributed by atoms with E-state index in [2.05, 4.69) is 10.3 Å². The summed E-state index contributed by atoms with van der Waals surface area (Å²) in [7, 11) is 1.68. The molecule has 0 spiro atoms. The molecule has 1 heterocycles. The molecule has 3 N–H and O–H groups in total. The van der Waals surface area contributed by atoms with Gasteiger partial charge in [0.1, 0.15) is 5.69 Å². The van der Waals surface area contributed by atoms with E-state index in [1.165, 1.54) is 6.20 Å². The highest BCUT2D eigenvalue weighted by molar-refractivity contribution is 5.92. The molecule has 5 nitrogen and oxygen atoms in total. The minimum Gasteiger partial charge on any atom is -0.397 e. The fourth-order valence-corrected chi connectivity index (χ4v) is 2.16. The van der Waals surface area contributed by atoms with Gasteiger partial charge in [-0.2, -0.15) is 0 Å². The molecule has 1 aliphatic rings. The second-order valence-electron chi connectivity index (χ2n) is 4.26. The predicted molar refractivity (Wildman–Crippen MR) is 64.6 cm³/mol. The third-order valence-electron chi connectivity index (χ3n) is 3.09. The second kappa shape index (κ2) is 5.14.